The third kappa shape index (κ3) is 4.92. The summed E-state index contributed by atoms with van der Waals surface area (Å²) >= 11 is 0. The molecule has 1 aromatic rings. The van der Waals surface area contributed by atoms with Gasteiger partial charge in [0.25, 0.3) is 0 Å². The Bertz CT molecular complexity index is 374. The monoisotopic (exact) mass is 276 g/mol. The minimum Gasteiger partial charge on any atom is -0.329 e. The van der Waals surface area contributed by atoms with Gasteiger partial charge in [-0.3, -0.25) is 4.90 Å². The van der Waals surface area contributed by atoms with Crippen LogP contribution in [0.25, 0.3) is 0 Å². The van der Waals surface area contributed by atoms with E-state index in [1.54, 1.807) is 0 Å². The van der Waals surface area contributed by atoms with E-state index < -0.39 is 0 Å². The van der Waals surface area contributed by atoms with Crippen LogP contribution >= 0.6 is 0 Å². The van der Waals surface area contributed by atoms with E-state index in [-0.39, 0.29) is 5.54 Å². The molecule has 0 aliphatic rings. The Hall–Kier alpha value is -0.860. The first-order valence-electron chi connectivity index (χ1n) is 7.86. The van der Waals surface area contributed by atoms with Gasteiger partial charge in [-0.05, 0) is 51.6 Å². The van der Waals surface area contributed by atoms with E-state index in [0.29, 0.717) is 12.6 Å². The smallest absolute Gasteiger partial charge is 0.0306 e. The highest BCUT2D eigenvalue weighted by Crippen LogP contribution is 2.24. The Kier molecular flexibility index (Phi) is 6.70. The van der Waals surface area contributed by atoms with Gasteiger partial charge in [0.2, 0.25) is 0 Å². The summed E-state index contributed by atoms with van der Waals surface area (Å²) in [6, 6.07) is 11.3. The van der Waals surface area contributed by atoms with Gasteiger partial charge in [0, 0.05) is 18.1 Å². The second-order valence-corrected chi connectivity index (χ2v) is 6.78. The van der Waals surface area contributed by atoms with Crippen LogP contribution in [-0.2, 0) is 6.42 Å². The highest BCUT2D eigenvalue weighted by atomic mass is 15.2. The van der Waals surface area contributed by atoms with Crippen molar-refractivity contribution >= 4 is 0 Å². The minimum atomic E-state index is 0.0736. The van der Waals surface area contributed by atoms with E-state index in [1.807, 2.05) is 0 Å². The van der Waals surface area contributed by atoms with Crippen molar-refractivity contribution in [2.24, 2.45) is 11.7 Å². The van der Waals surface area contributed by atoms with Crippen LogP contribution in [0.5, 0.6) is 0 Å². The van der Waals surface area contributed by atoms with Crippen molar-refractivity contribution in [1.29, 1.82) is 0 Å². The van der Waals surface area contributed by atoms with Gasteiger partial charge >= 0.3 is 0 Å². The highest BCUT2D eigenvalue weighted by molar-refractivity contribution is 5.15. The second-order valence-electron chi connectivity index (χ2n) is 6.78. The standard InChI is InChI=1S/C18H32N2/c1-15(2)13-16(3)20(5)18(4,14-19)12-11-17-9-7-6-8-10-17/h6-10,15-16H,11-14,19H2,1-5H3. The number of benzene rings is 1. The van der Waals surface area contributed by atoms with Gasteiger partial charge in [-0.25, -0.2) is 0 Å². The summed E-state index contributed by atoms with van der Waals surface area (Å²) in [5, 5.41) is 0. The number of rotatable bonds is 8. The second kappa shape index (κ2) is 7.80. The molecule has 0 aromatic heterocycles. The van der Waals surface area contributed by atoms with E-state index >= 15 is 0 Å². The first-order valence-corrected chi connectivity index (χ1v) is 7.86. The largest absolute Gasteiger partial charge is 0.329 e. The normalized spacial score (nSPS) is 16.4. The molecule has 2 nitrogen and oxygen atoms in total. The van der Waals surface area contributed by atoms with Crippen molar-refractivity contribution in [2.45, 2.75) is 58.5 Å². The Morgan fingerprint density at radius 2 is 1.75 bits per heavy atom. The maximum Gasteiger partial charge on any atom is 0.0306 e. The lowest BCUT2D eigenvalue weighted by molar-refractivity contribution is 0.0816. The van der Waals surface area contributed by atoms with Gasteiger partial charge in [-0.2, -0.15) is 0 Å². The zero-order valence-corrected chi connectivity index (χ0v) is 13.9. The zero-order valence-electron chi connectivity index (χ0n) is 13.9. The fourth-order valence-corrected chi connectivity index (χ4v) is 2.85. The van der Waals surface area contributed by atoms with Crippen LogP contribution in [0.15, 0.2) is 30.3 Å². The number of nitrogens with zero attached hydrogens (tertiary/aromatic N) is 1. The third-order valence-electron chi connectivity index (χ3n) is 4.56. The first-order chi connectivity index (χ1) is 9.39. The molecule has 2 atom stereocenters. The Labute approximate surface area is 125 Å². The molecular weight excluding hydrogens is 244 g/mol. The van der Waals surface area contributed by atoms with Crippen LogP contribution < -0.4 is 5.73 Å². The lowest BCUT2D eigenvalue weighted by Gasteiger charge is -2.42. The van der Waals surface area contributed by atoms with Crippen molar-refractivity contribution in [3.05, 3.63) is 35.9 Å². The molecule has 0 aliphatic carbocycles. The summed E-state index contributed by atoms with van der Waals surface area (Å²) in [6.07, 6.45) is 3.41. The predicted octanol–water partition coefficient (Wildman–Crippen LogP) is 3.70. The SMILES string of the molecule is CC(C)CC(C)N(C)C(C)(CN)CCc1ccccc1. The van der Waals surface area contributed by atoms with Crippen LogP contribution in [0.3, 0.4) is 0 Å². The molecule has 0 saturated carbocycles. The number of hydrogen-bond acceptors (Lipinski definition) is 2. The number of hydrogen-bond donors (Lipinski definition) is 1. The number of likely N-dealkylation sites (N-methyl/N-ethyl adjacent to an activating group) is 1. The molecule has 0 bridgehead atoms. The molecule has 2 unspecified atom stereocenters. The number of aryl methyl sites for hydroxylation is 1. The molecule has 0 amide bonds. The molecule has 0 heterocycles. The molecule has 0 fully saturated rings. The Morgan fingerprint density at radius 3 is 2.25 bits per heavy atom. The summed E-state index contributed by atoms with van der Waals surface area (Å²) in [6.45, 7) is 9.89. The molecule has 0 radical (unpaired) electrons. The summed E-state index contributed by atoms with van der Waals surface area (Å²) < 4.78 is 0. The van der Waals surface area contributed by atoms with Crippen LogP contribution in [0.4, 0.5) is 0 Å². The van der Waals surface area contributed by atoms with E-state index in [0.717, 1.165) is 18.8 Å². The van der Waals surface area contributed by atoms with Crippen LogP contribution in [-0.4, -0.2) is 30.1 Å². The molecule has 0 saturated heterocycles. The van der Waals surface area contributed by atoms with Gasteiger partial charge in [0.05, 0.1) is 0 Å². The third-order valence-corrected chi connectivity index (χ3v) is 4.56. The minimum absolute atomic E-state index is 0.0736. The average molecular weight is 276 g/mol. The Morgan fingerprint density at radius 1 is 1.15 bits per heavy atom. The van der Waals surface area contributed by atoms with E-state index in [9.17, 15) is 0 Å². The first kappa shape index (κ1) is 17.2. The molecule has 1 aromatic carbocycles. The molecule has 1 rings (SSSR count). The fraction of sp³-hybridized carbons (Fsp3) is 0.667. The summed E-state index contributed by atoms with van der Waals surface area (Å²) in [4.78, 5) is 2.48. The van der Waals surface area contributed by atoms with Crippen molar-refractivity contribution in [3.63, 3.8) is 0 Å². The molecule has 0 aliphatic heterocycles. The van der Waals surface area contributed by atoms with Crippen molar-refractivity contribution < 1.29 is 0 Å². The van der Waals surface area contributed by atoms with Gasteiger partial charge in [0.1, 0.15) is 0 Å². The van der Waals surface area contributed by atoms with Crippen molar-refractivity contribution in [1.82, 2.24) is 4.90 Å². The van der Waals surface area contributed by atoms with E-state index in [1.165, 1.54) is 12.0 Å². The van der Waals surface area contributed by atoms with Crippen molar-refractivity contribution in [3.8, 4) is 0 Å². The maximum atomic E-state index is 6.10. The zero-order chi connectivity index (χ0) is 15.2. The van der Waals surface area contributed by atoms with Crippen molar-refractivity contribution in [2.75, 3.05) is 13.6 Å². The van der Waals surface area contributed by atoms with E-state index in [4.69, 9.17) is 5.73 Å². The topological polar surface area (TPSA) is 29.3 Å². The molecule has 114 valence electrons. The molecule has 0 spiro atoms. The summed E-state index contributed by atoms with van der Waals surface area (Å²) in [5.74, 6) is 0.726. The molecule has 2 N–H and O–H groups in total. The van der Waals surface area contributed by atoms with Crippen LogP contribution in [0.2, 0.25) is 0 Å². The molecular formula is C18H32N2. The van der Waals surface area contributed by atoms with E-state index in [2.05, 4.69) is 70.0 Å². The summed E-state index contributed by atoms with van der Waals surface area (Å²) in [7, 11) is 2.23. The van der Waals surface area contributed by atoms with Gasteiger partial charge in [-0.15, -0.1) is 0 Å². The van der Waals surface area contributed by atoms with Gasteiger partial charge < -0.3 is 5.73 Å². The Balaban J connectivity index is 2.65. The lowest BCUT2D eigenvalue weighted by Crippen LogP contribution is -2.53. The maximum absolute atomic E-state index is 6.10. The van der Waals surface area contributed by atoms with Crippen LogP contribution in [0.1, 0.15) is 46.1 Å². The quantitative estimate of drug-likeness (QED) is 0.784. The van der Waals surface area contributed by atoms with Gasteiger partial charge in [0.15, 0.2) is 0 Å². The average Bonchev–Trinajstić information content (AvgIpc) is 2.44. The van der Waals surface area contributed by atoms with Crippen LogP contribution in [0, 0.1) is 5.92 Å². The molecule has 20 heavy (non-hydrogen) atoms. The molecule has 2 heteroatoms. The highest BCUT2D eigenvalue weighted by Gasteiger charge is 2.30. The number of nitrogens with two attached hydrogens (primary N) is 1. The predicted molar refractivity (Wildman–Crippen MR) is 88.9 cm³/mol. The fourth-order valence-electron chi connectivity index (χ4n) is 2.85. The van der Waals surface area contributed by atoms with Gasteiger partial charge in [-0.1, -0.05) is 44.2 Å². The lowest BCUT2D eigenvalue weighted by atomic mass is 9.89. The summed E-state index contributed by atoms with van der Waals surface area (Å²) in [5.41, 5.74) is 7.57.